The fourth-order valence-corrected chi connectivity index (χ4v) is 6.78. The third-order valence-electron chi connectivity index (χ3n) is 8.40. The van der Waals surface area contributed by atoms with Gasteiger partial charge in [0.1, 0.15) is 5.82 Å². The Morgan fingerprint density at radius 2 is 1.88 bits per heavy atom. The number of piperidine rings is 1. The average molecular weight is 586 g/mol. The molecule has 0 spiro atoms. The number of carbonyl (C=O) groups excluding carboxylic acids is 2. The van der Waals surface area contributed by atoms with Crippen molar-refractivity contribution >= 4 is 34.2 Å². The first-order valence-corrected chi connectivity index (χ1v) is 16.3. The van der Waals surface area contributed by atoms with E-state index in [0.29, 0.717) is 24.1 Å². The lowest BCUT2D eigenvalue weighted by Crippen LogP contribution is -2.43. The van der Waals surface area contributed by atoms with E-state index in [4.69, 9.17) is 4.98 Å². The Morgan fingerprint density at radius 1 is 1.05 bits per heavy atom. The minimum Gasteiger partial charge on any atom is -0.354 e. The number of likely N-dealkylation sites (tertiary alicyclic amines) is 1. The van der Waals surface area contributed by atoms with Crippen LogP contribution in [-0.2, 0) is 17.6 Å². The van der Waals surface area contributed by atoms with Crippen molar-refractivity contribution in [2.24, 2.45) is 5.92 Å². The Kier molecular flexibility index (Phi) is 10.4. The van der Waals surface area contributed by atoms with E-state index in [-0.39, 0.29) is 18.4 Å². The number of nitrogens with zero attached hydrogens (tertiary/aromatic N) is 3. The molecule has 1 atom stereocenters. The molecular weight excluding hydrogens is 542 g/mol. The largest absolute Gasteiger partial charge is 0.354 e. The summed E-state index contributed by atoms with van der Waals surface area (Å²) in [5.74, 6) is 1.06. The van der Waals surface area contributed by atoms with Crippen molar-refractivity contribution < 1.29 is 9.59 Å². The normalized spacial score (nSPS) is 15.7. The highest BCUT2D eigenvalue weighted by Gasteiger charge is 2.21. The van der Waals surface area contributed by atoms with Crippen LogP contribution in [-0.4, -0.2) is 59.0 Å². The molecule has 1 unspecified atom stereocenters. The van der Waals surface area contributed by atoms with Gasteiger partial charge in [-0.25, -0.2) is 4.98 Å². The Hall–Kier alpha value is -3.49. The first-order valence-electron chi connectivity index (χ1n) is 15.4. The van der Waals surface area contributed by atoms with Gasteiger partial charge in [-0.15, -0.1) is 11.3 Å². The highest BCUT2D eigenvalue weighted by atomic mass is 32.1. The summed E-state index contributed by atoms with van der Waals surface area (Å²) in [7, 11) is 0. The smallest absolute Gasteiger partial charge is 0.251 e. The van der Waals surface area contributed by atoms with Crippen LogP contribution in [0.2, 0.25) is 0 Å². The van der Waals surface area contributed by atoms with Crippen LogP contribution in [0.4, 0.5) is 0 Å². The average Bonchev–Trinajstić information content (AvgIpc) is 3.67. The standard InChI is InChI=1S/C34H43N5O2S/c1-3-28(4-2)39-31-15-14-27(20-30(31)37-32(39)21-29-13-9-19-42-29)34(41)36-23-33(40)35-22-26-12-8-17-38(24-26)18-16-25-10-6-5-7-11-25/h5-7,9-11,13-15,19-20,26,28H,3-4,8,12,16-18,21-24H2,1-2H3,(H,35,40)(H,36,41). The number of imidazole rings is 1. The number of thiophene rings is 1. The molecule has 7 nitrogen and oxygen atoms in total. The number of benzene rings is 2. The van der Waals surface area contributed by atoms with Gasteiger partial charge in [0.05, 0.1) is 17.6 Å². The molecule has 4 aromatic rings. The maximum Gasteiger partial charge on any atom is 0.251 e. The van der Waals surface area contributed by atoms with Crippen LogP contribution >= 0.6 is 11.3 Å². The second-order valence-corrected chi connectivity index (χ2v) is 12.4. The number of fused-ring (bicyclic) bond motifs is 1. The molecule has 222 valence electrons. The molecule has 0 radical (unpaired) electrons. The quantitative estimate of drug-likeness (QED) is 0.206. The van der Waals surface area contributed by atoms with E-state index < -0.39 is 0 Å². The summed E-state index contributed by atoms with van der Waals surface area (Å²) in [5, 5.41) is 7.94. The van der Waals surface area contributed by atoms with Crippen LogP contribution in [0.1, 0.15) is 72.2 Å². The molecular formula is C34H43N5O2S. The second kappa shape index (κ2) is 14.6. The number of amides is 2. The molecule has 1 saturated heterocycles. The summed E-state index contributed by atoms with van der Waals surface area (Å²) in [6, 6.07) is 20.9. The minimum atomic E-state index is -0.256. The summed E-state index contributed by atoms with van der Waals surface area (Å²) in [4.78, 5) is 34.3. The van der Waals surface area contributed by atoms with Crippen LogP contribution in [0.25, 0.3) is 11.0 Å². The summed E-state index contributed by atoms with van der Waals surface area (Å²) in [6.07, 6.45) is 6.12. The summed E-state index contributed by atoms with van der Waals surface area (Å²) in [6.45, 7) is 8.17. The lowest BCUT2D eigenvalue weighted by Gasteiger charge is -2.32. The maximum absolute atomic E-state index is 13.0. The van der Waals surface area contributed by atoms with E-state index >= 15 is 0 Å². The summed E-state index contributed by atoms with van der Waals surface area (Å²) in [5.41, 5.74) is 3.75. The number of carbonyl (C=O) groups is 2. The Bertz CT molecular complexity index is 1450. The van der Waals surface area contributed by atoms with Gasteiger partial charge in [-0.3, -0.25) is 9.59 Å². The fourth-order valence-electron chi connectivity index (χ4n) is 6.08. The third-order valence-corrected chi connectivity index (χ3v) is 9.28. The van der Waals surface area contributed by atoms with Gasteiger partial charge in [-0.2, -0.15) is 0 Å². The van der Waals surface area contributed by atoms with Gasteiger partial charge in [0.15, 0.2) is 0 Å². The Labute approximate surface area is 253 Å². The van der Waals surface area contributed by atoms with Crippen LogP contribution in [0, 0.1) is 5.92 Å². The van der Waals surface area contributed by atoms with Gasteiger partial charge < -0.3 is 20.1 Å². The van der Waals surface area contributed by atoms with Gasteiger partial charge in [-0.1, -0.05) is 50.2 Å². The molecule has 5 rings (SSSR count). The van der Waals surface area contributed by atoms with E-state index in [0.717, 1.165) is 75.0 Å². The van der Waals surface area contributed by atoms with E-state index in [1.54, 1.807) is 11.3 Å². The Morgan fingerprint density at radius 3 is 2.64 bits per heavy atom. The van der Waals surface area contributed by atoms with Gasteiger partial charge >= 0.3 is 0 Å². The number of hydrogen-bond acceptors (Lipinski definition) is 5. The molecule has 0 saturated carbocycles. The predicted molar refractivity (Wildman–Crippen MR) is 171 cm³/mol. The molecule has 0 aliphatic carbocycles. The van der Waals surface area contributed by atoms with Crippen molar-refractivity contribution in [1.82, 2.24) is 25.1 Å². The molecule has 2 aromatic heterocycles. The van der Waals surface area contributed by atoms with Gasteiger partial charge in [0, 0.05) is 42.5 Å². The Balaban J connectivity index is 1.13. The predicted octanol–water partition coefficient (Wildman–Crippen LogP) is 5.85. The summed E-state index contributed by atoms with van der Waals surface area (Å²) >= 11 is 1.74. The van der Waals surface area contributed by atoms with Crippen molar-refractivity contribution in [2.75, 3.05) is 32.7 Å². The lowest BCUT2D eigenvalue weighted by molar-refractivity contribution is -0.120. The van der Waals surface area contributed by atoms with E-state index in [1.807, 2.05) is 18.2 Å². The van der Waals surface area contributed by atoms with Crippen molar-refractivity contribution in [2.45, 2.75) is 58.4 Å². The molecule has 1 aliphatic rings. The minimum absolute atomic E-state index is 0.0346. The number of rotatable bonds is 13. The topological polar surface area (TPSA) is 79.3 Å². The van der Waals surface area contributed by atoms with Gasteiger partial charge in [0.25, 0.3) is 5.91 Å². The fraction of sp³-hybridized carbons (Fsp3) is 0.441. The lowest BCUT2D eigenvalue weighted by atomic mass is 9.97. The molecule has 1 aliphatic heterocycles. The van der Waals surface area contributed by atoms with Crippen molar-refractivity contribution in [3.8, 4) is 0 Å². The molecule has 1 fully saturated rings. The van der Waals surface area contributed by atoms with Crippen molar-refractivity contribution in [1.29, 1.82) is 0 Å². The number of hydrogen-bond donors (Lipinski definition) is 2. The zero-order valence-corrected chi connectivity index (χ0v) is 25.7. The molecule has 8 heteroatoms. The van der Waals surface area contributed by atoms with E-state index in [9.17, 15) is 9.59 Å². The summed E-state index contributed by atoms with van der Waals surface area (Å²) < 4.78 is 2.35. The molecule has 3 heterocycles. The van der Waals surface area contributed by atoms with E-state index in [1.165, 1.54) is 10.4 Å². The first-order chi connectivity index (χ1) is 20.5. The first kappa shape index (κ1) is 30.0. The van der Waals surface area contributed by atoms with Crippen LogP contribution < -0.4 is 10.6 Å². The van der Waals surface area contributed by atoms with Gasteiger partial charge in [0.2, 0.25) is 5.91 Å². The monoisotopic (exact) mass is 585 g/mol. The zero-order valence-electron chi connectivity index (χ0n) is 24.9. The van der Waals surface area contributed by atoms with Crippen LogP contribution in [0.15, 0.2) is 66.0 Å². The number of aromatic nitrogens is 2. The van der Waals surface area contributed by atoms with Crippen LogP contribution in [0.3, 0.4) is 0 Å². The maximum atomic E-state index is 13.0. The number of nitrogens with one attached hydrogen (secondary N) is 2. The zero-order chi connectivity index (χ0) is 29.3. The second-order valence-electron chi connectivity index (χ2n) is 11.4. The third kappa shape index (κ3) is 7.66. The highest BCUT2D eigenvalue weighted by molar-refractivity contribution is 7.09. The molecule has 2 amide bonds. The van der Waals surface area contributed by atoms with Crippen molar-refractivity contribution in [3.63, 3.8) is 0 Å². The van der Waals surface area contributed by atoms with Crippen LogP contribution in [0.5, 0.6) is 0 Å². The molecule has 42 heavy (non-hydrogen) atoms. The van der Waals surface area contributed by atoms with E-state index in [2.05, 4.69) is 81.8 Å². The van der Waals surface area contributed by atoms with Crippen molar-refractivity contribution in [3.05, 3.63) is 87.9 Å². The molecule has 0 bridgehead atoms. The van der Waals surface area contributed by atoms with Gasteiger partial charge in [-0.05, 0) is 79.8 Å². The molecule has 2 N–H and O–H groups in total. The SMILES string of the molecule is CCC(CC)n1c(Cc2cccs2)nc2cc(C(=O)NCC(=O)NCC3CCCN(CCc4ccccc4)C3)ccc21. The highest BCUT2D eigenvalue weighted by Crippen LogP contribution is 2.28. The molecule has 2 aromatic carbocycles.